The highest BCUT2D eigenvalue weighted by Crippen LogP contribution is 2.20. The highest BCUT2D eigenvalue weighted by atomic mass is 16.6. The Hall–Kier alpha value is -2.28. The topological polar surface area (TPSA) is 108 Å². The molecule has 0 amide bonds. The number of nitrogens with zero attached hydrogens (tertiary/aromatic N) is 3. The van der Waals surface area contributed by atoms with Crippen LogP contribution < -0.4 is 5.73 Å². The molecule has 1 unspecified atom stereocenters. The molecule has 20 heavy (non-hydrogen) atoms. The summed E-state index contributed by atoms with van der Waals surface area (Å²) in [6.45, 7) is 2.69. The van der Waals surface area contributed by atoms with Gasteiger partial charge in [-0.2, -0.15) is 4.98 Å². The quantitative estimate of drug-likeness (QED) is 0.639. The molecule has 2 N–H and O–H groups in total. The molecule has 1 aromatic heterocycles. The Morgan fingerprint density at radius 3 is 2.70 bits per heavy atom. The van der Waals surface area contributed by atoms with Crippen molar-refractivity contribution >= 4 is 5.69 Å². The first-order valence-corrected chi connectivity index (χ1v) is 6.37. The number of nitro groups is 1. The summed E-state index contributed by atoms with van der Waals surface area (Å²) < 4.78 is 5.16. The second kappa shape index (κ2) is 6.25. The Morgan fingerprint density at radius 2 is 2.10 bits per heavy atom. The Kier molecular flexibility index (Phi) is 4.41. The van der Waals surface area contributed by atoms with Crippen LogP contribution in [0.4, 0.5) is 5.69 Å². The lowest BCUT2D eigenvalue weighted by atomic mass is 10.1. The standard InChI is InChI=1S/C13H16N4O3/c1-9(8-14)2-7-12-15-13(16-20-12)10-3-5-11(6-4-10)17(18)19/h3-6,9H,2,7-8,14H2,1H3. The molecule has 0 aliphatic heterocycles. The van der Waals surface area contributed by atoms with E-state index >= 15 is 0 Å². The lowest BCUT2D eigenvalue weighted by Gasteiger charge is -2.03. The Morgan fingerprint density at radius 1 is 1.40 bits per heavy atom. The minimum atomic E-state index is -0.445. The van der Waals surface area contributed by atoms with E-state index in [1.54, 1.807) is 12.1 Å². The molecule has 2 aromatic rings. The van der Waals surface area contributed by atoms with Gasteiger partial charge >= 0.3 is 0 Å². The SMILES string of the molecule is CC(CN)CCc1nc(-c2ccc([N+](=O)[O-])cc2)no1. The largest absolute Gasteiger partial charge is 0.339 e. The number of benzene rings is 1. The molecule has 0 radical (unpaired) electrons. The van der Waals surface area contributed by atoms with Gasteiger partial charge in [-0.05, 0) is 31.0 Å². The van der Waals surface area contributed by atoms with Gasteiger partial charge in [0.05, 0.1) is 4.92 Å². The molecule has 7 heteroatoms. The van der Waals surface area contributed by atoms with E-state index in [0.717, 1.165) is 6.42 Å². The van der Waals surface area contributed by atoms with Gasteiger partial charge in [-0.1, -0.05) is 12.1 Å². The maximum atomic E-state index is 10.6. The van der Waals surface area contributed by atoms with E-state index in [1.165, 1.54) is 12.1 Å². The molecular formula is C13H16N4O3. The van der Waals surface area contributed by atoms with Crippen LogP contribution in [0.25, 0.3) is 11.4 Å². The van der Waals surface area contributed by atoms with Gasteiger partial charge < -0.3 is 10.3 Å². The molecule has 0 saturated heterocycles. The van der Waals surface area contributed by atoms with Crippen LogP contribution in [0.5, 0.6) is 0 Å². The maximum Gasteiger partial charge on any atom is 0.269 e. The first-order valence-electron chi connectivity index (χ1n) is 6.37. The van der Waals surface area contributed by atoms with Crippen LogP contribution in [0.1, 0.15) is 19.2 Å². The maximum absolute atomic E-state index is 10.6. The zero-order valence-corrected chi connectivity index (χ0v) is 11.2. The fourth-order valence-electron chi connectivity index (χ4n) is 1.69. The summed E-state index contributed by atoms with van der Waals surface area (Å²) in [5.41, 5.74) is 6.28. The van der Waals surface area contributed by atoms with E-state index < -0.39 is 4.92 Å². The highest BCUT2D eigenvalue weighted by Gasteiger charge is 2.11. The van der Waals surface area contributed by atoms with Crippen LogP contribution >= 0.6 is 0 Å². The lowest BCUT2D eigenvalue weighted by molar-refractivity contribution is -0.384. The average molecular weight is 276 g/mol. The molecule has 0 fully saturated rings. The number of non-ortho nitro benzene ring substituents is 1. The highest BCUT2D eigenvalue weighted by molar-refractivity contribution is 5.56. The molecule has 0 saturated carbocycles. The number of aromatic nitrogens is 2. The van der Waals surface area contributed by atoms with E-state index in [4.69, 9.17) is 10.3 Å². The van der Waals surface area contributed by atoms with Crippen molar-refractivity contribution in [3.05, 3.63) is 40.3 Å². The molecule has 0 aliphatic rings. The molecule has 2 rings (SSSR count). The fourth-order valence-corrected chi connectivity index (χ4v) is 1.69. The van der Waals surface area contributed by atoms with Gasteiger partial charge in [0.1, 0.15) is 0 Å². The van der Waals surface area contributed by atoms with Crippen LogP contribution in [-0.2, 0) is 6.42 Å². The van der Waals surface area contributed by atoms with E-state index in [2.05, 4.69) is 17.1 Å². The molecule has 0 spiro atoms. The average Bonchev–Trinajstić information content (AvgIpc) is 2.93. The summed E-state index contributed by atoms with van der Waals surface area (Å²) >= 11 is 0. The van der Waals surface area contributed by atoms with E-state index in [-0.39, 0.29) is 5.69 Å². The van der Waals surface area contributed by atoms with Crippen molar-refractivity contribution in [2.45, 2.75) is 19.8 Å². The second-order valence-corrected chi connectivity index (χ2v) is 4.70. The lowest BCUT2D eigenvalue weighted by Crippen LogP contribution is -2.11. The van der Waals surface area contributed by atoms with Crippen molar-refractivity contribution < 1.29 is 9.45 Å². The van der Waals surface area contributed by atoms with Crippen LogP contribution in [0.2, 0.25) is 0 Å². The van der Waals surface area contributed by atoms with Gasteiger partial charge in [-0.15, -0.1) is 0 Å². The predicted molar refractivity (Wildman–Crippen MR) is 72.9 cm³/mol. The van der Waals surface area contributed by atoms with Crippen molar-refractivity contribution in [1.29, 1.82) is 0 Å². The van der Waals surface area contributed by atoms with E-state index in [9.17, 15) is 10.1 Å². The molecule has 0 aliphatic carbocycles. The number of nitro benzene ring substituents is 1. The van der Waals surface area contributed by atoms with Gasteiger partial charge in [-0.25, -0.2) is 0 Å². The van der Waals surface area contributed by atoms with Crippen LogP contribution in [-0.4, -0.2) is 21.6 Å². The predicted octanol–water partition coefficient (Wildman–Crippen LogP) is 2.17. The summed E-state index contributed by atoms with van der Waals surface area (Å²) in [5.74, 6) is 1.40. The number of hydrogen-bond donors (Lipinski definition) is 1. The number of aryl methyl sites for hydroxylation is 1. The summed E-state index contributed by atoms with van der Waals surface area (Å²) in [6.07, 6.45) is 1.57. The van der Waals surface area contributed by atoms with Crippen molar-refractivity contribution in [1.82, 2.24) is 10.1 Å². The molecule has 1 atom stereocenters. The summed E-state index contributed by atoms with van der Waals surface area (Å²) in [5, 5.41) is 14.5. The van der Waals surface area contributed by atoms with Gasteiger partial charge in [0.25, 0.3) is 5.69 Å². The molecular weight excluding hydrogens is 260 g/mol. The minimum Gasteiger partial charge on any atom is -0.339 e. The van der Waals surface area contributed by atoms with Crippen LogP contribution in [0.3, 0.4) is 0 Å². The smallest absolute Gasteiger partial charge is 0.269 e. The van der Waals surface area contributed by atoms with Gasteiger partial charge in [0.15, 0.2) is 0 Å². The third-order valence-electron chi connectivity index (χ3n) is 3.06. The van der Waals surface area contributed by atoms with Gasteiger partial charge in [-0.3, -0.25) is 10.1 Å². The number of nitrogens with two attached hydrogens (primary N) is 1. The number of rotatable bonds is 6. The van der Waals surface area contributed by atoms with E-state index in [0.29, 0.717) is 36.2 Å². The summed E-state index contributed by atoms with van der Waals surface area (Å²) in [4.78, 5) is 14.4. The van der Waals surface area contributed by atoms with Crippen LogP contribution in [0, 0.1) is 16.0 Å². The Bertz CT molecular complexity index is 580. The normalized spacial score (nSPS) is 12.3. The number of hydrogen-bond acceptors (Lipinski definition) is 6. The van der Waals surface area contributed by atoms with Crippen LogP contribution in [0.15, 0.2) is 28.8 Å². The van der Waals surface area contributed by atoms with Crippen molar-refractivity contribution in [2.75, 3.05) is 6.54 Å². The van der Waals surface area contributed by atoms with Crippen molar-refractivity contribution in [2.24, 2.45) is 11.7 Å². The molecule has 106 valence electrons. The third-order valence-corrected chi connectivity index (χ3v) is 3.06. The molecule has 7 nitrogen and oxygen atoms in total. The monoisotopic (exact) mass is 276 g/mol. The Balaban J connectivity index is 2.06. The molecule has 1 heterocycles. The van der Waals surface area contributed by atoms with Crippen molar-refractivity contribution in [3.63, 3.8) is 0 Å². The van der Waals surface area contributed by atoms with Gasteiger partial charge in [0, 0.05) is 24.1 Å². The first-order chi connectivity index (χ1) is 9.60. The fraction of sp³-hybridized carbons (Fsp3) is 0.385. The Labute approximate surface area is 115 Å². The summed E-state index contributed by atoms with van der Waals surface area (Å²) in [7, 11) is 0. The summed E-state index contributed by atoms with van der Waals surface area (Å²) in [6, 6.07) is 6.05. The third kappa shape index (κ3) is 3.39. The molecule has 0 bridgehead atoms. The first kappa shape index (κ1) is 14.1. The minimum absolute atomic E-state index is 0.0363. The van der Waals surface area contributed by atoms with Gasteiger partial charge in [0.2, 0.25) is 11.7 Å². The zero-order chi connectivity index (χ0) is 14.5. The van der Waals surface area contributed by atoms with E-state index in [1.807, 2.05) is 0 Å². The second-order valence-electron chi connectivity index (χ2n) is 4.70. The molecule has 1 aromatic carbocycles. The zero-order valence-electron chi connectivity index (χ0n) is 11.2. The van der Waals surface area contributed by atoms with Crippen molar-refractivity contribution in [3.8, 4) is 11.4 Å².